The Morgan fingerprint density at radius 3 is 1.90 bits per heavy atom. The third-order valence-corrected chi connectivity index (χ3v) is 6.04. The molecule has 9 nitrogen and oxygen atoms in total. The maximum Gasteiger partial charge on any atom is 0.647 e. The average molecular weight is 347 g/mol. The molecule has 12 heteroatoms. The van der Waals surface area contributed by atoms with Gasteiger partial charge in [-0.25, -0.2) is 4.98 Å². The number of nitrogens with zero attached hydrogens (tertiary/aromatic N) is 1. The second-order valence-corrected chi connectivity index (χ2v) is 7.79. The number of pyridine rings is 1. The lowest BCUT2D eigenvalue weighted by Gasteiger charge is -2.20. The summed E-state index contributed by atoms with van der Waals surface area (Å²) in [6.45, 7) is 0. The van der Waals surface area contributed by atoms with Crippen LogP contribution in [0.15, 0.2) is 0 Å². The highest BCUT2D eigenvalue weighted by molar-refractivity contribution is 7.51. The number of hydrogen-bond acceptors (Lipinski definition) is 9. The van der Waals surface area contributed by atoms with Crippen molar-refractivity contribution in [1.29, 1.82) is 0 Å². The van der Waals surface area contributed by atoms with Crippen molar-refractivity contribution in [3.05, 3.63) is 5.15 Å². The van der Waals surface area contributed by atoms with Gasteiger partial charge in [0.05, 0.1) is 5.39 Å². The summed E-state index contributed by atoms with van der Waals surface area (Å²) in [4.78, 5) is 4.11. The fourth-order valence-corrected chi connectivity index (χ4v) is 5.46. The van der Waals surface area contributed by atoms with Crippen molar-refractivity contribution in [3.63, 3.8) is 0 Å². The largest absolute Gasteiger partial charge is 0.647 e. The number of benzene rings is 1. The Hall–Kier alpha value is -1.82. The molecule has 4 bridgehead atoms. The van der Waals surface area contributed by atoms with E-state index >= 15 is 0 Å². The van der Waals surface area contributed by atoms with E-state index in [0.29, 0.717) is 5.39 Å². The van der Waals surface area contributed by atoms with E-state index in [4.69, 9.17) is 38.7 Å². The highest BCUT2D eigenvalue weighted by Crippen LogP contribution is 2.78. The molecule has 0 amide bonds. The zero-order valence-corrected chi connectivity index (χ0v) is 12.0. The van der Waals surface area contributed by atoms with Crippen LogP contribution in [0.5, 0.6) is 34.5 Å². The standard InChI is InChI=1S/C9ClNO8P2/c10-9-8-4-1-2(11-9)5-7-6(17-21(13,16-5)18-7)3(1)14-20(12,15-4)19-8. The van der Waals surface area contributed by atoms with Gasteiger partial charge in [0, 0.05) is 0 Å². The summed E-state index contributed by atoms with van der Waals surface area (Å²) < 4.78 is 55.4. The summed E-state index contributed by atoms with van der Waals surface area (Å²) in [6.07, 6.45) is 0. The number of fused-ring (bicyclic) bond motifs is 4. The average Bonchev–Trinajstić information content (AvgIpc) is 3.02. The van der Waals surface area contributed by atoms with Gasteiger partial charge in [-0.1, -0.05) is 11.6 Å². The predicted molar refractivity (Wildman–Crippen MR) is 65.7 cm³/mol. The number of aromatic nitrogens is 1. The van der Waals surface area contributed by atoms with Crippen LogP contribution in [0, 0.1) is 0 Å². The van der Waals surface area contributed by atoms with E-state index in [1.807, 2.05) is 0 Å². The lowest BCUT2D eigenvalue weighted by molar-refractivity contribution is 0.316. The Morgan fingerprint density at radius 1 is 0.714 bits per heavy atom. The highest BCUT2D eigenvalue weighted by Gasteiger charge is 2.58. The zero-order chi connectivity index (χ0) is 14.1. The van der Waals surface area contributed by atoms with E-state index < -0.39 is 15.6 Å². The molecule has 0 saturated carbocycles. The summed E-state index contributed by atoms with van der Waals surface area (Å²) in [5, 5.41) is 0.248. The first-order valence-corrected chi connectivity index (χ1v) is 8.87. The quantitative estimate of drug-likeness (QED) is 0.523. The van der Waals surface area contributed by atoms with Crippen LogP contribution in [0.4, 0.5) is 0 Å². The van der Waals surface area contributed by atoms with Crippen LogP contribution in [0.3, 0.4) is 0 Å². The van der Waals surface area contributed by atoms with E-state index in [1.165, 1.54) is 0 Å². The minimum Gasteiger partial charge on any atom is -0.381 e. The lowest BCUT2D eigenvalue weighted by Crippen LogP contribution is -2.07. The highest BCUT2D eigenvalue weighted by atomic mass is 35.5. The first-order valence-electron chi connectivity index (χ1n) is 5.57. The molecule has 0 spiro atoms. The first-order chi connectivity index (χ1) is 9.96. The van der Waals surface area contributed by atoms with E-state index in [1.54, 1.807) is 0 Å². The molecule has 21 heavy (non-hydrogen) atoms. The number of rotatable bonds is 0. The first kappa shape index (κ1) is 10.8. The molecule has 0 aliphatic carbocycles. The minimum absolute atomic E-state index is 0.0276. The van der Waals surface area contributed by atoms with Gasteiger partial charge < -0.3 is 27.1 Å². The van der Waals surface area contributed by atoms with Crippen LogP contribution in [-0.2, 0) is 9.13 Å². The van der Waals surface area contributed by atoms with Crippen LogP contribution >= 0.6 is 27.2 Å². The lowest BCUT2D eigenvalue weighted by atomic mass is 10.1. The number of halogens is 1. The van der Waals surface area contributed by atoms with Crippen molar-refractivity contribution >= 4 is 38.1 Å². The molecule has 6 rings (SSSR count). The van der Waals surface area contributed by atoms with Crippen molar-refractivity contribution in [1.82, 2.24) is 4.98 Å². The van der Waals surface area contributed by atoms with Crippen LogP contribution in [0.25, 0.3) is 10.9 Å². The molecule has 4 aliphatic heterocycles. The van der Waals surface area contributed by atoms with E-state index in [2.05, 4.69) is 4.98 Å². The molecular formula is C9ClNO8P2. The fraction of sp³-hybridized carbons (Fsp3) is 0. The summed E-state index contributed by atoms with van der Waals surface area (Å²) in [5.74, 6) is 0.446. The van der Waals surface area contributed by atoms with Gasteiger partial charge in [-0.15, -0.1) is 0 Å². The Balaban J connectivity index is 1.91. The molecule has 1 aromatic carbocycles. The molecule has 4 aliphatic rings. The Morgan fingerprint density at radius 2 is 1.19 bits per heavy atom. The van der Waals surface area contributed by atoms with Crippen LogP contribution in [-0.4, -0.2) is 4.98 Å². The van der Waals surface area contributed by atoms with Gasteiger partial charge in [0.15, 0.2) is 16.7 Å². The van der Waals surface area contributed by atoms with Gasteiger partial charge in [0.25, 0.3) is 0 Å². The fourth-order valence-electron chi connectivity index (χ4n) is 2.61. The smallest absolute Gasteiger partial charge is 0.381 e. The minimum atomic E-state index is -3.89. The molecule has 2 atom stereocenters. The van der Waals surface area contributed by atoms with E-state index in [-0.39, 0.29) is 45.2 Å². The molecule has 1 aromatic heterocycles. The summed E-state index contributed by atoms with van der Waals surface area (Å²) in [6, 6.07) is 0. The molecule has 0 radical (unpaired) electrons. The molecule has 106 valence electrons. The van der Waals surface area contributed by atoms with E-state index in [9.17, 15) is 9.13 Å². The van der Waals surface area contributed by atoms with Crippen LogP contribution in [0.1, 0.15) is 0 Å². The summed E-state index contributed by atoms with van der Waals surface area (Å²) in [5.41, 5.74) is 0.213. The molecule has 2 unspecified atom stereocenters. The third kappa shape index (κ3) is 1.02. The molecule has 0 saturated heterocycles. The predicted octanol–water partition coefficient (Wildman–Crippen LogP) is 3.43. The summed E-state index contributed by atoms with van der Waals surface area (Å²) in [7, 11) is -7.65. The molecule has 0 fully saturated rings. The maximum atomic E-state index is 12.3. The SMILES string of the molecule is O=P12Oc3c(c4c5c6c(c(Cl)nc5c3O1)OP(=O)(O6)O4)O2. The molecule has 2 aromatic rings. The second-order valence-electron chi connectivity index (χ2n) is 4.54. The maximum absolute atomic E-state index is 12.3. The number of hydrogen-bond donors (Lipinski definition) is 0. The van der Waals surface area contributed by atoms with Crippen LogP contribution in [0.2, 0.25) is 5.15 Å². The van der Waals surface area contributed by atoms with Crippen molar-refractivity contribution in [3.8, 4) is 34.5 Å². The number of phosphoric ester groups is 2. The Bertz CT molecular complexity index is 1030. The number of phosphoric acid groups is 2. The Kier molecular flexibility index (Phi) is 1.42. The monoisotopic (exact) mass is 347 g/mol. The second kappa shape index (κ2) is 2.75. The van der Waals surface area contributed by atoms with Gasteiger partial charge in [-0.2, -0.15) is 9.13 Å². The van der Waals surface area contributed by atoms with Gasteiger partial charge in [0.2, 0.25) is 23.0 Å². The van der Waals surface area contributed by atoms with Gasteiger partial charge in [-0.05, 0) is 0 Å². The van der Waals surface area contributed by atoms with Gasteiger partial charge in [-0.3, -0.25) is 0 Å². The van der Waals surface area contributed by atoms with Crippen molar-refractivity contribution in [2.75, 3.05) is 0 Å². The Labute approximate surface area is 119 Å². The van der Waals surface area contributed by atoms with Crippen LogP contribution < -0.4 is 27.1 Å². The normalized spacial score (nSPS) is 31.3. The topological polar surface area (TPSA) is 102 Å². The molecule has 5 heterocycles. The third-order valence-electron chi connectivity index (χ3n) is 3.35. The summed E-state index contributed by atoms with van der Waals surface area (Å²) >= 11 is 6.00. The van der Waals surface area contributed by atoms with Gasteiger partial charge in [0.1, 0.15) is 5.52 Å². The molecule has 0 N–H and O–H groups in total. The zero-order valence-electron chi connectivity index (χ0n) is 9.49. The van der Waals surface area contributed by atoms with Gasteiger partial charge >= 0.3 is 15.6 Å². The molecular weight excluding hydrogens is 347 g/mol. The van der Waals surface area contributed by atoms with E-state index in [0.717, 1.165) is 0 Å². The van der Waals surface area contributed by atoms with Crippen molar-refractivity contribution in [2.45, 2.75) is 0 Å². The van der Waals surface area contributed by atoms with Crippen molar-refractivity contribution in [2.24, 2.45) is 0 Å². The van der Waals surface area contributed by atoms with Crippen molar-refractivity contribution < 1.29 is 36.3 Å².